The Labute approximate surface area is 87.7 Å². The predicted molar refractivity (Wildman–Crippen MR) is 58.8 cm³/mol. The molecular weight excluding hydrogens is 194 g/mol. The van der Waals surface area contributed by atoms with Gasteiger partial charge in [-0.1, -0.05) is 26.8 Å². The second-order valence-electron chi connectivity index (χ2n) is 4.51. The van der Waals surface area contributed by atoms with Crippen LogP contribution in [0.15, 0.2) is 6.08 Å². The minimum absolute atomic E-state index is 0.0378. The first kappa shape index (κ1) is 9.59. The Balaban J connectivity index is 2.51. The highest BCUT2D eigenvalue weighted by Crippen LogP contribution is 2.32. The molecule has 1 heterocycles. The molecule has 1 aromatic rings. The van der Waals surface area contributed by atoms with Crippen LogP contribution in [0.5, 0.6) is 0 Å². The molecule has 0 amide bonds. The minimum atomic E-state index is 0.0378. The topological polar surface area (TPSA) is 30.0 Å². The Morgan fingerprint density at radius 2 is 2.14 bits per heavy atom. The van der Waals surface area contributed by atoms with E-state index in [-0.39, 0.29) is 11.2 Å². The lowest BCUT2D eigenvalue weighted by atomic mass is 9.98. The maximum atomic E-state index is 11.5. The first-order valence-corrected chi connectivity index (χ1v) is 5.51. The Hall–Kier alpha value is -0.960. The number of fused-ring (bicyclic) bond motifs is 1. The normalized spacial score (nSPS) is 15.8. The van der Waals surface area contributed by atoms with Gasteiger partial charge in [-0.15, -0.1) is 11.3 Å². The lowest BCUT2D eigenvalue weighted by Crippen LogP contribution is -2.10. The second-order valence-corrected chi connectivity index (χ2v) is 5.51. The third-order valence-corrected chi connectivity index (χ3v) is 3.67. The van der Waals surface area contributed by atoms with Crippen molar-refractivity contribution in [2.24, 2.45) is 0 Å². The number of hydrogen-bond acceptors (Lipinski definition) is 3. The molecule has 74 valence electrons. The molecule has 1 aliphatic rings. The molecular formula is C11H13NOS. The van der Waals surface area contributed by atoms with Gasteiger partial charge in [0.2, 0.25) is 0 Å². The van der Waals surface area contributed by atoms with Gasteiger partial charge < -0.3 is 0 Å². The summed E-state index contributed by atoms with van der Waals surface area (Å²) in [5, 5.41) is 1.04. The first-order valence-electron chi connectivity index (χ1n) is 4.69. The average Bonchev–Trinajstić information content (AvgIpc) is 2.48. The van der Waals surface area contributed by atoms with Crippen LogP contribution < -0.4 is 0 Å². The van der Waals surface area contributed by atoms with Crippen LogP contribution in [0.1, 0.15) is 47.6 Å². The van der Waals surface area contributed by atoms with Gasteiger partial charge in [-0.2, -0.15) is 0 Å². The number of aromatic nitrogens is 1. The molecule has 2 nitrogen and oxygen atoms in total. The standard InChI is InChI=1S/C11H13NOS/c1-11(2,3)10-12-7-5-4-6-8(13)9(7)14-10/h4-5H,6H2,1-3H3. The smallest absolute Gasteiger partial charge is 0.178 e. The van der Waals surface area contributed by atoms with Gasteiger partial charge in [0.25, 0.3) is 0 Å². The highest BCUT2D eigenvalue weighted by Gasteiger charge is 2.24. The maximum Gasteiger partial charge on any atom is 0.178 e. The van der Waals surface area contributed by atoms with Crippen LogP contribution >= 0.6 is 11.3 Å². The molecule has 0 aliphatic heterocycles. The second kappa shape index (κ2) is 3.02. The number of carbonyl (C=O) groups is 1. The van der Waals surface area contributed by atoms with Crippen molar-refractivity contribution in [2.45, 2.75) is 32.6 Å². The molecule has 0 unspecified atom stereocenters. The molecule has 0 spiro atoms. The molecule has 0 aromatic carbocycles. The molecule has 1 aromatic heterocycles. The molecule has 14 heavy (non-hydrogen) atoms. The molecule has 0 atom stereocenters. The average molecular weight is 207 g/mol. The summed E-state index contributed by atoms with van der Waals surface area (Å²) in [6.07, 6.45) is 4.36. The Kier molecular flexibility index (Phi) is 2.07. The van der Waals surface area contributed by atoms with Gasteiger partial charge in [-0.05, 0) is 6.08 Å². The molecule has 0 bridgehead atoms. The fourth-order valence-corrected chi connectivity index (χ4v) is 2.39. The fraction of sp³-hybridized carbons (Fsp3) is 0.455. The van der Waals surface area contributed by atoms with Crippen LogP contribution in [0.3, 0.4) is 0 Å². The lowest BCUT2D eigenvalue weighted by Gasteiger charge is -2.13. The molecule has 0 radical (unpaired) electrons. The van der Waals surface area contributed by atoms with Crippen LogP contribution in [-0.2, 0) is 5.41 Å². The highest BCUT2D eigenvalue weighted by molar-refractivity contribution is 7.14. The van der Waals surface area contributed by atoms with E-state index in [4.69, 9.17) is 0 Å². The molecule has 1 aliphatic carbocycles. The summed E-state index contributed by atoms with van der Waals surface area (Å²) < 4.78 is 0. The summed E-state index contributed by atoms with van der Waals surface area (Å²) in [5.41, 5.74) is 0.895. The number of ketones is 1. The quantitative estimate of drug-likeness (QED) is 0.654. The van der Waals surface area contributed by atoms with Crippen LogP contribution in [-0.4, -0.2) is 10.8 Å². The Bertz CT molecular complexity index is 409. The van der Waals surface area contributed by atoms with Crippen LogP contribution in [0.2, 0.25) is 0 Å². The van der Waals surface area contributed by atoms with Crippen molar-refractivity contribution in [2.75, 3.05) is 0 Å². The van der Waals surface area contributed by atoms with E-state index in [1.165, 1.54) is 11.3 Å². The van der Waals surface area contributed by atoms with Gasteiger partial charge in [0.15, 0.2) is 5.78 Å². The number of hydrogen-bond donors (Lipinski definition) is 0. The van der Waals surface area contributed by atoms with E-state index in [2.05, 4.69) is 25.8 Å². The van der Waals surface area contributed by atoms with Gasteiger partial charge in [0.05, 0.1) is 15.6 Å². The van der Waals surface area contributed by atoms with E-state index < -0.39 is 0 Å². The van der Waals surface area contributed by atoms with Crippen molar-refractivity contribution in [3.63, 3.8) is 0 Å². The minimum Gasteiger partial charge on any atom is -0.293 e. The SMILES string of the molecule is CC(C)(C)c1nc2c(s1)C(=O)CC=C2. The van der Waals surface area contributed by atoms with Crippen LogP contribution in [0, 0.1) is 0 Å². The zero-order valence-electron chi connectivity index (χ0n) is 8.63. The summed E-state index contributed by atoms with van der Waals surface area (Å²) in [4.78, 5) is 16.9. The molecule has 0 N–H and O–H groups in total. The summed E-state index contributed by atoms with van der Waals surface area (Å²) in [6, 6.07) is 0. The number of nitrogens with zero attached hydrogens (tertiary/aromatic N) is 1. The molecule has 3 heteroatoms. The maximum absolute atomic E-state index is 11.5. The highest BCUT2D eigenvalue weighted by atomic mass is 32.1. The Morgan fingerprint density at radius 3 is 2.71 bits per heavy atom. The van der Waals surface area contributed by atoms with Gasteiger partial charge in [-0.25, -0.2) is 4.98 Å². The van der Waals surface area contributed by atoms with Crippen molar-refractivity contribution < 1.29 is 4.79 Å². The molecule has 0 saturated heterocycles. The monoisotopic (exact) mass is 207 g/mol. The third kappa shape index (κ3) is 1.52. The van der Waals surface area contributed by atoms with E-state index in [1.807, 2.05) is 12.2 Å². The number of carbonyl (C=O) groups excluding carboxylic acids is 1. The summed E-state index contributed by atoms with van der Waals surface area (Å²) in [7, 11) is 0. The fourth-order valence-electron chi connectivity index (χ4n) is 1.34. The van der Waals surface area contributed by atoms with Gasteiger partial charge in [-0.3, -0.25) is 4.79 Å². The predicted octanol–water partition coefficient (Wildman–Crippen LogP) is 3.04. The molecule has 0 saturated carbocycles. The van der Waals surface area contributed by atoms with E-state index in [1.54, 1.807) is 0 Å². The lowest BCUT2D eigenvalue weighted by molar-refractivity contribution is 0.0998. The van der Waals surface area contributed by atoms with Crippen molar-refractivity contribution in [3.05, 3.63) is 21.7 Å². The summed E-state index contributed by atoms with van der Waals surface area (Å²) in [5.74, 6) is 0.204. The van der Waals surface area contributed by atoms with Crippen LogP contribution in [0.25, 0.3) is 6.08 Å². The van der Waals surface area contributed by atoms with Gasteiger partial charge in [0.1, 0.15) is 0 Å². The number of rotatable bonds is 0. The van der Waals surface area contributed by atoms with Gasteiger partial charge in [0, 0.05) is 11.8 Å². The van der Waals surface area contributed by atoms with E-state index >= 15 is 0 Å². The van der Waals surface area contributed by atoms with Crippen molar-refractivity contribution in [3.8, 4) is 0 Å². The summed E-state index contributed by atoms with van der Waals surface area (Å²) >= 11 is 1.54. The van der Waals surface area contributed by atoms with Gasteiger partial charge >= 0.3 is 0 Å². The van der Waals surface area contributed by atoms with E-state index in [0.717, 1.165) is 15.6 Å². The molecule has 0 fully saturated rings. The zero-order chi connectivity index (χ0) is 10.3. The third-order valence-electron chi connectivity index (χ3n) is 2.13. The molecule has 2 rings (SSSR count). The number of Topliss-reactive ketones (excluding diaryl/α,β-unsaturated/α-hetero) is 1. The van der Waals surface area contributed by atoms with Crippen LogP contribution in [0.4, 0.5) is 0 Å². The van der Waals surface area contributed by atoms with Crippen molar-refractivity contribution in [1.82, 2.24) is 4.98 Å². The van der Waals surface area contributed by atoms with E-state index in [0.29, 0.717) is 6.42 Å². The zero-order valence-corrected chi connectivity index (χ0v) is 9.44. The Morgan fingerprint density at radius 1 is 1.43 bits per heavy atom. The number of thiazole rings is 1. The van der Waals surface area contributed by atoms with Crippen molar-refractivity contribution >= 4 is 23.2 Å². The summed E-state index contributed by atoms with van der Waals surface area (Å²) in [6.45, 7) is 6.35. The van der Waals surface area contributed by atoms with Crippen molar-refractivity contribution in [1.29, 1.82) is 0 Å². The first-order chi connectivity index (χ1) is 6.48. The largest absolute Gasteiger partial charge is 0.293 e. The van der Waals surface area contributed by atoms with E-state index in [9.17, 15) is 4.79 Å². The number of allylic oxidation sites excluding steroid dienone is 1.